The Balaban J connectivity index is 1.87. The van der Waals surface area contributed by atoms with E-state index < -0.39 is 21.9 Å². The number of nitrogens with zero attached hydrogens (tertiary/aromatic N) is 1. The van der Waals surface area contributed by atoms with Gasteiger partial charge in [0.2, 0.25) is 21.8 Å². The molecule has 2 N–H and O–H groups in total. The van der Waals surface area contributed by atoms with Gasteiger partial charge in [0.15, 0.2) is 0 Å². The van der Waals surface area contributed by atoms with Gasteiger partial charge in [-0.2, -0.15) is 0 Å². The van der Waals surface area contributed by atoms with Gasteiger partial charge in [0, 0.05) is 26.1 Å². The Kier molecular flexibility index (Phi) is 10.3. The van der Waals surface area contributed by atoms with Crippen LogP contribution in [0.2, 0.25) is 0 Å². The molecule has 200 valence electrons. The van der Waals surface area contributed by atoms with E-state index in [0.29, 0.717) is 17.5 Å². The highest BCUT2D eigenvalue weighted by Crippen LogP contribution is 2.25. The topological polar surface area (TPSA) is 95.6 Å². The molecule has 0 radical (unpaired) electrons. The summed E-state index contributed by atoms with van der Waals surface area (Å²) in [4.78, 5) is 28.6. The molecule has 0 unspecified atom stereocenters. The van der Waals surface area contributed by atoms with Gasteiger partial charge in [-0.05, 0) is 47.4 Å². The largest absolute Gasteiger partial charge is 0.351 e. The van der Waals surface area contributed by atoms with Gasteiger partial charge in [0.1, 0.15) is 11.9 Å². The maximum absolute atomic E-state index is 13.6. The normalized spacial score (nSPS) is 11.9. The quantitative estimate of drug-likeness (QED) is 0.321. The SMILES string of the molecule is C=CCNC(=O)[C@@H](c1ccccc1)N(Cc1ccc(F)cc1)C(=O)CCc1ccc(S(=O)(=O)NCC)cc1. The van der Waals surface area contributed by atoms with E-state index in [1.807, 2.05) is 6.07 Å². The lowest BCUT2D eigenvalue weighted by Gasteiger charge is -2.31. The van der Waals surface area contributed by atoms with Gasteiger partial charge in [-0.3, -0.25) is 9.59 Å². The summed E-state index contributed by atoms with van der Waals surface area (Å²) in [5.41, 5.74) is 2.10. The second-order valence-electron chi connectivity index (χ2n) is 8.64. The van der Waals surface area contributed by atoms with Crippen LogP contribution in [0.15, 0.2) is 96.4 Å². The highest BCUT2D eigenvalue weighted by Gasteiger charge is 2.31. The minimum absolute atomic E-state index is 0.0819. The number of sulfonamides is 1. The second kappa shape index (κ2) is 13.6. The first-order valence-electron chi connectivity index (χ1n) is 12.3. The molecule has 3 aromatic carbocycles. The molecule has 1 atom stereocenters. The highest BCUT2D eigenvalue weighted by molar-refractivity contribution is 7.89. The van der Waals surface area contributed by atoms with Crippen molar-refractivity contribution in [3.8, 4) is 0 Å². The number of hydrogen-bond donors (Lipinski definition) is 2. The zero-order valence-corrected chi connectivity index (χ0v) is 22.1. The Hall–Kier alpha value is -3.82. The van der Waals surface area contributed by atoms with E-state index in [1.165, 1.54) is 29.2 Å². The first-order chi connectivity index (χ1) is 18.2. The number of carbonyl (C=O) groups is 2. The molecule has 0 aliphatic rings. The fourth-order valence-electron chi connectivity index (χ4n) is 3.99. The van der Waals surface area contributed by atoms with Gasteiger partial charge in [-0.1, -0.05) is 67.6 Å². The molecule has 0 heterocycles. The van der Waals surface area contributed by atoms with Crippen LogP contribution in [-0.2, 0) is 32.6 Å². The standard InChI is InChI=1S/C29H32FN3O4S/c1-3-20-31-29(35)28(24-8-6-5-7-9-24)33(21-23-10-15-25(30)16-11-23)27(34)19-14-22-12-17-26(18-13-22)38(36,37)32-4-2/h3,5-13,15-18,28,32H,1,4,14,19-21H2,2H3,(H,31,35)/t28-/m1/s1. The van der Waals surface area contributed by atoms with Gasteiger partial charge in [-0.25, -0.2) is 17.5 Å². The Morgan fingerprint density at radius 1 is 0.974 bits per heavy atom. The van der Waals surface area contributed by atoms with Gasteiger partial charge in [-0.15, -0.1) is 6.58 Å². The molecule has 3 aromatic rings. The summed E-state index contributed by atoms with van der Waals surface area (Å²) >= 11 is 0. The van der Waals surface area contributed by atoms with Crippen molar-refractivity contribution >= 4 is 21.8 Å². The van der Waals surface area contributed by atoms with Crippen molar-refractivity contribution in [3.05, 3.63) is 114 Å². The Morgan fingerprint density at radius 3 is 2.21 bits per heavy atom. The summed E-state index contributed by atoms with van der Waals surface area (Å²) < 4.78 is 40.4. The van der Waals surface area contributed by atoms with Crippen molar-refractivity contribution in [2.24, 2.45) is 0 Å². The van der Waals surface area contributed by atoms with Crippen molar-refractivity contribution in [2.75, 3.05) is 13.1 Å². The molecule has 9 heteroatoms. The number of nitrogens with one attached hydrogen (secondary N) is 2. The van der Waals surface area contributed by atoms with E-state index in [-0.39, 0.29) is 42.8 Å². The third-order valence-corrected chi connectivity index (χ3v) is 7.44. The zero-order chi connectivity index (χ0) is 27.5. The van der Waals surface area contributed by atoms with Gasteiger partial charge in [0.25, 0.3) is 0 Å². The summed E-state index contributed by atoms with van der Waals surface area (Å²) in [5.74, 6) is -1.03. The number of carbonyl (C=O) groups excluding carboxylic acids is 2. The van der Waals surface area contributed by atoms with Crippen LogP contribution in [0.1, 0.15) is 36.1 Å². The van der Waals surface area contributed by atoms with E-state index in [4.69, 9.17) is 0 Å². The van der Waals surface area contributed by atoms with Crippen LogP contribution < -0.4 is 10.0 Å². The monoisotopic (exact) mass is 537 g/mol. The molecule has 7 nitrogen and oxygen atoms in total. The Bertz CT molecular complexity index is 1330. The number of rotatable bonds is 13. The molecule has 0 saturated carbocycles. The molecule has 0 aliphatic heterocycles. The van der Waals surface area contributed by atoms with E-state index >= 15 is 0 Å². The Labute approximate surface area is 223 Å². The lowest BCUT2D eigenvalue weighted by atomic mass is 10.0. The highest BCUT2D eigenvalue weighted by atomic mass is 32.2. The molecule has 0 aromatic heterocycles. The third kappa shape index (κ3) is 7.84. The van der Waals surface area contributed by atoms with Crippen LogP contribution in [0.25, 0.3) is 0 Å². The number of hydrogen-bond acceptors (Lipinski definition) is 4. The predicted octanol–water partition coefficient (Wildman–Crippen LogP) is 4.13. The molecule has 0 spiro atoms. The summed E-state index contributed by atoms with van der Waals surface area (Å²) in [5, 5.41) is 2.79. The maximum atomic E-state index is 13.6. The average molecular weight is 538 g/mol. The van der Waals surface area contributed by atoms with E-state index in [9.17, 15) is 22.4 Å². The number of amides is 2. The predicted molar refractivity (Wildman–Crippen MR) is 145 cm³/mol. The number of benzene rings is 3. The molecule has 0 aliphatic carbocycles. The minimum Gasteiger partial charge on any atom is -0.351 e. The zero-order valence-electron chi connectivity index (χ0n) is 21.3. The van der Waals surface area contributed by atoms with E-state index in [1.54, 1.807) is 61.5 Å². The number of aryl methyl sites for hydroxylation is 1. The second-order valence-corrected chi connectivity index (χ2v) is 10.4. The molecular formula is C29H32FN3O4S. The van der Waals surface area contributed by atoms with Crippen LogP contribution in [0, 0.1) is 5.82 Å². The fourth-order valence-corrected chi connectivity index (χ4v) is 5.03. The van der Waals surface area contributed by atoms with Crippen LogP contribution in [-0.4, -0.2) is 38.2 Å². The molecule has 3 rings (SSSR count). The fraction of sp³-hybridized carbons (Fsp3) is 0.241. The van der Waals surface area contributed by atoms with E-state index in [0.717, 1.165) is 5.56 Å². The summed E-state index contributed by atoms with van der Waals surface area (Å²) in [6, 6.07) is 20.2. The van der Waals surface area contributed by atoms with Crippen LogP contribution >= 0.6 is 0 Å². The van der Waals surface area contributed by atoms with Crippen molar-refractivity contribution in [3.63, 3.8) is 0 Å². The van der Waals surface area contributed by atoms with Crippen LogP contribution in [0.4, 0.5) is 4.39 Å². The maximum Gasteiger partial charge on any atom is 0.247 e. The van der Waals surface area contributed by atoms with Crippen molar-refractivity contribution in [1.29, 1.82) is 0 Å². The molecule has 2 amide bonds. The average Bonchev–Trinajstić information content (AvgIpc) is 2.92. The lowest BCUT2D eigenvalue weighted by Crippen LogP contribution is -2.43. The smallest absolute Gasteiger partial charge is 0.247 e. The molecule has 0 fully saturated rings. The van der Waals surface area contributed by atoms with Crippen molar-refractivity contribution in [2.45, 2.75) is 37.2 Å². The summed E-state index contributed by atoms with van der Waals surface area (Å²) in [6.07, 6.45) is 1.99. The van der Waals surface area contributed by atoms with Gasteiger partial charge >= 0.3 is 0 Å². The molecule has 0 saturated heterocycles. The van der Waals surface area contributed by atoms with Crippen molar-refractivity contribution < 1.29 is 22.4 Å². The first-order valence-corrected chi connectivity index (χ1v) is 13.8. The molecule has 0 bridgehead atoms. The summed E-state index contributed by atoms with van der Waals surface area (Å²) in [6.45, 7) is 5.97. The van der Waals surface area contributed by atoms with Crippen LogP contribution in [0.5, 0.6) is 0 Å². The van der Waals surface area contributed by atoms with Crippen molar-refractivity contribution in [1.82, 2.24) is 14.9 Å². The van der Waals surface area contributed by atoms with E-state index in [2.05, 4.69) is 16.6 Å². The minimum atomic E-state index is -3.57. The third-order valence-electron chi connectivity index (χ3n) is 5.88. The molecular weight excluding hydrogens is 505 g/mol. The van der Waals surface area contributed by atoms with Gasteiger partial charge < -0.3 is 10.2 Å². The van der Waals surface area contributed by atoms with Crippen LogP contribution in [0.3, 0.4) is 0 Å². The Morgan fingerprint density at radius 2 is 1.61 bits per heavy atom. The first kappa shape index (κ1) is 28.7. The number of halogens is 1. The summed E-state index contributed by atoms with van der Waals surface area (Å²) in [7, 11) is -3.57. The lowest BCUT2D eigenvalue weighted by molar-refractivity contribution is -0.141. The van der Waals surface area contributed by atoms with Gasteiger partial charge in [0.05, 0.1) is 4.90 Å². The molecule has 38 heavy (non-hydrogen) atoms.